The van der Waals surface area contributed by atoms with Crippen LogP contribution >= 0.6 is 0 Å². The van der Waals surface area contributed by atoms with Crippen molar-refractivity contribution in [1.82, 2.24) is 19.5 Å². The molecule has 4 nitrogen and oxygen atoms in total. The monoisotopic (exact) mass is 224 g/mol. The summed E-state index contributed by atoms with van der Waals surface area (Å²) in [6.45, 7) is 1.88. The first-order chi connectivity index (χ1) is 8.25. The van der Waals surface area contributed by atoms with Crippen molar-refractivity contribution in [1.29, 1.82) is 0 Å². The summed E-state index contributed by atoms with van der Waals surface area (Å²) in [6, 6.07) is 10.1. The molecule has 0 saturated heterocycles. The lowest BCUT2D eigenvalue weighted by Gasteiger charge is -2.01. The second-order valence-corrected chi connectivity index (χ2v) is 3.99. The van der Waals surface area contributed by atoms with E-state index in [1.54, 1.807) is 6.20 Å². The Labute approximate surface area is 99.0 Å². The lowest BCUT2D eigenvalue weighted by atomic mass is 10.2. The smallest absolute Gasteiger partial charge is 0.163 e. The standard InChI is InChI=1S/C13H12N4/c1-9-14-8-11-13(15-9)17(2)12(16-11)10-6-4-3-5-7-10/h3-8H,1-2H3. The first kappa shape index (κ1) is 9.96. The maximum Gasteiger partial charge on any atom is 0.163 e. The highest BCUT2D eigenvalue weighted by molar-refractivity contribution is 5.76. The molecule has 0 aliphatic rings. The predicted molar refractivity (Wildman–Crippen MR) is 66.5 cm³/mol. The number of hydrogen-bond donors (Lipinski definition) is 0. The highest BCUT2D eigenvalue weighted by Crippen LogP contribution is 2.21. The molecule has 0 bridgehead atoms. The molecule has 0 fully saturated rings. The second kappa shape index (κ2) is 3.66. The molecule has 2 heterocycles. The molecule has 0 radical (unpaired) electrons. The molecule has 0 spiro atoms. The van der Waals surface area contributed by atoms with Crippen LogP contribution in [0.2, 0.25) is 0 Å². The number of fused-ring (bicyclic) bond motifs is 1. The third-order valence-corrected chi connectivity index (χ3v) is 2.76. The molecular formula is C13H12N4. The van der Waals surface area contributed by atoms with Crippen molar-refractivity contribution in [2.45, 2.75) is 6.92 Å². The van der Waals surface area contributed by atoms with E-state index in [2.05, 4.69) is 15.0 Å². The molecule has 3 aromatic rings. The Bertz CT molecular complexity index is 670. The van der Waals surface area contributed by atoms with Gasteiger partial charge in [0, 0.05) is 12.6 Å². The van der Waals surface area contributed by atoms with Gasteiger partial charge in [-0.15, -0.1) is 0 Å². The van der Waals surface area contributed by atoms with Gasteiger partial charge in [0.2, 0.25) is 0 Å². The van der Waals surface area contributed by atoms with E-state index in [0.29, 0.717) is 0 Å². The van der Waals surface area contributed by atoms with Crippen LogP contribution in [0.4, 0.5) is 0 Å². The van der Waals surface area contributed by atoms with E-state index in [1.807, 2.05) is 48.9 Å². The number of aromatic nitrogens is 4. The summed E-state index contributed by atoms with van der Waals surface area (Å²) in [6.07, 6.45) is 1.77. The van der Waals surface area contributed by atoms with Crippen LogP contribution in [0.3, 0.4) is 0 Å². The molecule has 1 aromatic carbocycles. The van der Waals surface area contributed by atoms with Gasteiger partial charge in [0.15, 0.2) is 5.65 Å². The van der Waals surface area contributed by atoms with Crippen molar-refractivity contribution in [2.24, 2.45) is 7.05 Å². The molecule has 0 saturated carbocycles. The van der Waals surface area contributed by atoms with Crippen molar-refractivity contribution < 1.29 is 0 Å². The topological polar surface area (TPSA) is 43.6 Å². The highest BCUT2D eigenvalue weighted by Gasteiger charge is 2.10. The Morgan fingerprint density at radius 3 is 2.59 bits per heavy atom. The quantitative estimate of drug-likeness (QED) is 0.637. The fourth-order valence-electron chi connectivity index (χ4n) is 1.91. The third-order valence-electron chi connectivity index (χ3n) is 2.76. The summed E-state index contributed by atoms with van der Waals surface area (Å²) in [4.78, 5) is 13.1. The largest absolute Gasteiger partial charge is 0.312 e. The minimum Gasteiger partial charge on any atom is -0.312 e. The van der Waals surface area contributed by atoms with Crippen molar-refractivity contribution in [3.05, 3.63) is 42.4 Å². The Hall–Kier alpha value is -2.23. The number of nitrogens with zero attached hydrogens (tertiary/aromatic N) is 4. The zero-order chi connectivity index (χ0) is 11.8. The molecule has 0 atom stereocenters. The third kappa shape index (κ3) is 1.58. The first-order valence-corrected chi connectivity index (χ1v) is 5.47. The van der Waals surface area contributed by atoms with Gasteiger partial charge in [-0.3, -0.25) is 0 Å². The number of aryl methyl sites for hydroxylation is 2. The molecule has 3 rings (SSSR count). The van der Waals surface area contributed by atoms with Crippen LogP contribution in [-0.4, -0.2) is 19.5 Å². The Balaban J connectivity index is 2.28. The first-order valence-electron chi connectivity index (χ1n) is 5.47. The number of benzene rings is 1. The maximum absolute atomic E-state index is 4.56. The lowest BCUT2D eigenvalue weighted by molar-refractivity contribution is 0.929. The van der Waals surface area contributed by atoms with E-state index in [1.165, 1.54) is 0 Å². The van der Waals surface area contributed by atoms with Gasteiger partial charge >= 0.3 is 0 Å². The second-order valence-electron chi connectivity index (χ2n) is 3.99. The molecule has 0 unspecified atom stereocenters. The summed E-state index contributed by atoms with van der Waals surface area (Å²) in [5.41, 5.74) is 2.79. The van der Waals surface area contributed by atoms with Crippen LogP contribution in [0, 0.1) is 6.92 Å². The molecular weight excluding hydrogens is 212 g/mol. The minimum absolute atomic E-state index is 0.764. The Morgan fingerprint density at radius 2 is 1.82 bits per heavy atom. The fraction of sp³-hybridized carbons (Fsp3) is 0.154. The average Bonchev–Trinajstić information content (AvgIpc) is 2.68. The number of hydrogen-bond acceptors (Lipinski definition) is 3. The molecule has 0 N–H and O–H groups in total. The Kier molecular flexibility index (Phi) is 2.14. The summed E-state index contributed by atoms with van der Waals surface area (Å²) in [7, 11) is 1.98. The molecule has 4 heteroatoms. The molecule has 0 aliphatic heterocycles. The van der Waals surface area contributed by atoms with Gasteiger partial charge in [-0.05, 0) is 6.92 Å². The average molecular weight is 224 g/mol. The SMILES string of the molecule is Cc1ncc2nc(-c3ccccc3)n(C)c2n1. The maximum atomic E-state index is 4.56. The van der Waals surface area contributed by atoms with Crippen molar-refractivity contribution in [3.8, 4) is 11.4 Å². The van der Waals surface area contributed by atoms with Crippen LogP contribution in [-0.2, 0) is 7.05 Å². The normalized spacial score (nSPS) is 10.9. The zero-order valence-electron chi connectivity index (χ0n) is 9.75. The molecule has 2 aromatic heterocycles. The van der Waals surface area contributed by atoms with Gasteiger partial charge in [-0.1, -0.05) is 30.3 Å². The van der Waals surface area contributed by atoms with Crippen molar-refractivity contribution in [3.63, 3.8) is 0 Å². The van der Waals surface area contributed by atoms with Gasteiger partial charge in [0.05, 0.1) is 6.20 Å². The van der Waals surface area contributed by atoms with Gasteiger partial charge in [0.1, 0.15) is 17.2 Å². The van der Waals surface area contributed by atoms with Crippen LogP contribution in [0.25, 0.3) is 22.6 Å². The fourth-order valence-corrected chi connectivity index (χ4v) is 1.91. The van der Waals surface area contributed by atoms with Gasteiger partial charge in [-0.2, -0.15) is 0 Å². The van der Waals surface area contributed by atoms with E-state index < -0.39 is 0 Å². The highest BCUT2D eigenvalue weighted by atomic mass is 15.1. The Morgan fingerprint density at radius 1 is 1.06 bits per heavy atom. The van der Waals surface area contributed by atoms with E-state index in [0.717, 1.165) is 28.4 Å². The zero-order valence-corrected chi connectivity index (χ0v) is 9.75. The summed E-state index contributed by atoms with van der Waals surface area (Å²) in [5.74, 6) is 1.68. The van der Waals surface area contributed by atoms with E-state index in [9.17, 15) is 0 Å². The molecule has 17 heavy (non-hydrogen) atoms. The van der Waals surface area contributed by atoms with E-state index >= 15 is 0 Å². The van der Waals surface area contributed by atoms with Crippen LogP contribution in [0.1, 0.15) is 5.82 Å². The molecule has 0 aliphatic carbocycles. The summed E-state index contributed by atoms with van der Waals surface area (Å²) in [5, 5.41) is 0. The van der Waals surface area contributed by atoms with E-state index in [4.69, 9.17) is 0 Å². The van der Waals surface area contributed by atoms with Crippen molar-refractivity contribution >= 4 is 11.2 Å². The van der Waals surface area contributed by atoms with Gasteiger partial charge < -0.3 is 4.57 Å². The summed E-state index contributed by atoms with van der Waals surface area (Å²) >= 11 is 0. The van der Waals surface area contributed by atoms with Gasteiger partial charge in [0.25, 0.3) is 0 Å². The molecule has 0 amide bonds. The van der Waals surface area contributed by atoms with Gasteiger partial charge in [-0.25, -0.2) is 15.0 Å². The number of rotatable bonds is 1. The van der Waals surface area contributed by atoms with Crippen molar-refractivity contribution in [2.75, 3.05) is 0 Å². The minimum atomic E-state index is 0.764. The predicted octanol–water partition coefficient (Wildman–Crippen LogP) is 2.34. The van der Waals surface area contributed by atoms with Crippen LogP contribution in [0.15, 0.2) is 36.5 Å². The van der Waals surface area contributed by atoms with Crippen LogP contribution < -0.4 is 0 Å². The summed E-state index contributed by atoms with van der Waals surface area (Å²) < 4.78 is 2.00. The van der Waals surface area contributed by atoms with Crippen LogP contribution in [0.5, 0.6) is 0 Å². The molecule has 84 valence electrons. The lowest BCUT2D eigenvalue weighted by Crippen LogP contribution is -1.95. The van der Waals surface area contributed by atoms with E-state index in [-0.39, 0.29) is 0 Å². The number of imidazole rings is 1.